The van der Waals surface area contributed by atoms with E-state index in [1.807, 2.05) is 12.1 Å². The fourth-order valence-electron chi connectivity index (χ4n) is 1.29. The molecule has 3 heteroatoms. The van der Waals surface area contributed by atoms with Crippen molar-refractivity contribution in [3.8, 4) is 0 Å². The number of esters is 1. The van der Waals surface area contributed by atoms with Crippen molar-refractivity contribution in [1.29, 1.82) is 0 Å². The molecule has 0 aliphatic rings. The van der Waals surface area contributed by atoms with Crippen molar-refractivity contribution in [1.82, 2.24) is 0 Å². The molecule has 0 N–H and O–H groups in total. The summed E-state index contributed by atoms with van der Waals surface area (Å²) in [6, 6.07) is 8.25. The topological polar surface area (TPSA) is 38.7 Å². The van der Waals surface area contributed by atoms with E-state index in [1.165, 1.54) is 18.9 Å². The molecule has 0 fully saturated rings. The third kappa shape index (κ3) is 3.85. The third-order valence-electron chi connectivity index (χ3n) is 2.32. The van der Waals surface area contributed by atoms with Crippen LogP contribution in [-0.2, 0) is 16.1 Å². The fourth-order valence-corrected chi connectivity index (χ4v) is 1.29. The Kier molecular flexibility index (Phi) is 4.70. The maximum Gasteiger partial charge on any atom is 0.348 e. The van der Waals surface area contributed by atoms with Gasteiger partial charge in [-0.15, -0.1) is 0 Å². The maximum absolute atomic E-state index is 10.8. The summed E-state index contributed by atoms with van der Waals surface area (Å²) in [6.07, 6.45) is 1.20. The van der Waals surface area contributed by atoms with Crippen LogP contribution in [0.1, 0.15) is 30.9 Å². The van der Waals surface area contributed by atoms with Gasteiger partial charge in [-0.1, -0.05) is 38.1 Å². The fraction of sp³-hybridized carbons (Fsp3) is 0.385. The molecule has 1 aromatic carbocycles. The zero-order chi connectivity index (χ0) is 12.0. The van der Waals surface area contributed by atoms with Crippen molar-refractivity contribution in [2.45, 2.75) is 26.3 Å². The molecule has 3 nitrogen and oxygen atoms in total. The number of carbonyl (C=O) groups is 1. The summed E-state index contributed by atoms with van der Waals surface area (Å²) in [5.41, 5.74) is 2.39. The van der Waals surface area contributed by atoms with Crippen molar-refractivity contribution >= 4 is 12.2 Å². The average Bonchev–Trinajstić information content (AvgIpc) is 2.29. The first-order valence-corrected chi connectivity index (χ1v) is 5.30. The first-order chi connectivity index (χ1) is 7.63. The van der Waals surface area contributed by atoms with Crippen LogP contribution in [0.4, 0.5) is 0 Å². The van der Waals surface area contributed by atoms with Crippen LogP contribution in [0.15, 0.2) is 29.3 Å². The van der Waals surface area contributed by atoms with Gasteiger partial charge in [0.2, 0.25) is 0 Å². The molecule has 0 saturated carbocycles. The highest BCUT2D eigenvalue weighted by atomic mass is 16.5. The third-order valence-corrected chi connectivity index (χ3v) is 2.32. The Balaban J connectivity index is 2.56. The molecule has 16 heavy (non-hydrogen) atoms. The molecule has 0 aromatic heterocycles. The van der Waals surface area contributed by atoms with Crippen LogP contribution in [0.3, 0.4) is 0 Å². The summed E-state index contributed by atoms with van der Waals surface area (Å²) in [6.45, 7) is 4.82. The van der Waals surface area contributed by atoms with Crippen molar-refractivity contribution in [3.05, 3.63) is 35.4 Å². The van der Waals surface area contributed by atoms with Crippen LogP contribution < -0.4 is 0 Å². The lowest BCUT2D eigenvalue weighted by atomic mass is 10.0. The first-order valence-electron chi connectivity index (χ1n) is 5.30. The van der Waals surface area contributed by atoms with Gasteiger partial charge < -0.3 is 4.74 Å². The van der Waals surface area contributed by atoms with E-state index in [4.69, 9.17) is 0 Å². The standard InChI is InChI=1S/C13H17NO2/c1-10(2)12-6-4-11(5-7-12)8-14-9-13(15)16-3/h4-7,9-10H,8H2,1-3H3. The molecule has 0 aliphatic heterocycles. The molecule has 1 aromatic rings. The first kappa shape index (κ1) is 12.4. The molecule has 0 bridgehead atoms. The molecule has 0 radical (unpaired) electrons. The molecule has 0 unspecified atom stereocenters. The van der Waals surface area contributed by atoms with Gasteiger partial charge in [0.15, 0.2) is 0 Å². The van der Waals surface area contributed by atoms with Crippen LogP contribution >= 0.6 is 0 Å². The van der Waals surface area contributed by atoms with Gasteiger partial charge in [-0.3, -0.25) is 4.99 Å². The van der Waals surface area contributed by atoms with E-state index in [1.54, 1.807) is 0 Å². The smallest absolute Gasteiger partial charge is 0.348 e. The number of carbonyl (C=O) groups excluding carboxylic acids is 1. The molecule has 0 saturated heterocycles. The average molecular weight is 219 g/mol. The molecule has 86 valence electrons. The second kappa shape index (κ2) is 6.05. The quantitative estimate of drug-likeness (QED) is 0.576. The lowest BCUT2D eigenvalue weighted by molar-refractivity contribution is -0.132. The van der Waals surface area contributed by atoms with Gasteiger partial charge >= 0.3 is 5.97 Å². The Bertz CT molecular complexity index is 366. The zero-order valence-electron chi connectivity index (χ0n) is 9.93. The van der Waals surface area contributed by atoms with E-state index in [9.17, 15) is 4.79 Å². The van der Waals surface area contributed by atoms with Gasteiger partial charge in [0, 0.05) is 0 Å². The van der Waals surface area contributed by atoms with E-state index < -0.39 is 5.97 Å². The Morgan fingerprint density at radius 3 is 2.50 bits per heavy atom. The van der Waals surface area contributed by atoms with Crippen molar-refractivity contribution in [2.24, 2.45) is 4.99 Å². The van der Waals surface area contributed by atoms with Crippen molar-refractivity contribution in [2.75, 3.05) is 7.11 Å². The van der Waals surface area contributed by atoms with E-state index in [-0.39, 0.29) is 0 Å². The van der Waals surface area contributed by atoms with Gasteiger partial charge in [-0.05, 0) is 17.0 Å². The Morgan fingerprint density at radius 1 is 1.38 bits per heavy atom. The molecule has 0 aliphatic carbocycles. The monoisotopic (exact) mass is 219 g/mol. The lowest BCUT2D eigenvalue weighted by Gasteiger charge is -2.05. The van der Waals surface area contributed by atoms with E-state index in [0.717, 1.165) is 5.56 Å². The van der Waals surface area contributed by atoms with Crippen molar-refractivity contribution in [3.63, 3.8) is 0 Å². The predicted molar refractivity (Wildman–Crippen MR) is 64.7 cm³/mol. The molecule has 0 spiro atoms. The number of ether oxygens (including phenoxy) is 1. The Labute approximate surface area is 96.2 Å². The number of aliphatic imine (C=N–C) groups is 1. The number of rotatable bonds is 4. The molecule has 0 heterocycles. The van der Waals surface area contributed by atoms with Gasteiger partial charge in [-0.2, -0.15) is 0 Å². The second-order valence-electron chi connectivity index (χ2n) is 3.89. The number of methoxy groups -OCH3 is 1. The summed E-state index contributed by atoms with van der Waals surface area (Å²) in [7, 11) is 1.34. The highest BCUT2D eigenvalue weighted by Gasteiger charge is 1.98. The SMILES string of the molecule is COC(=O)C=NCc1ccc(C(C)C)cc1. The lowest BCUT2D eigenvalue weighted by Crippen LogP contribution is -2.01. The summed E-state index contributed by atoms with van der Waals surface area (Å²) >= 11 is 0. The maximum atomic E-state index is 10.8. The van der Waals surface area contributed by atoms with Gasteiger partial charge in [-0.25, -0.2) is 4.79 Å². The van der Waals surface area contributed by atoms with Gasteiger partial charge in [0.25, 0.3) is 0 Å². The summed E-state index contributed by atoms with van der Waals surface area (Å²) in [4.78, 5) is 14.8. The number of hydrogen-bond acceptors (Lipinski definition) is 3. The van der Waals surface area contributed by atoms with Crippen LogP contribution in [0.25, 0.3) is 0 Å². The Morgan fingerprint density at radius 2 is 2.00 bits per heavy atom. The second-order valence-corrected chi connectivity index (χ2v) is 3.89. The van der Waals surface area contributed by atoms with Crippen molar-refractivity contribution < 1.29 is 9.53 Å². The number of nitrogens with zero attached hydrogens (tertiary/aromatic N) is 1. The predicted octanol–water partition coefficient (Wildman–Crippen LogP) is 2.55. The van der Waals surface area contributed by atoms with Crippen LogP contribution in [0.2, 0.25) is 0 Å². The summed E-state index contributed by atoms with van der Waals surface area (Å²) in [5.74, 6) is 0.117. The normalized spacial score (nSPS) is 11.0. The highest BCUT2D eigenvalue weighted by molar-refractivity contribution is 6.23. The highest BCUT2D eigenvalue weighted by Crippen LogP contribution is 2.14. The Hall–Kier alpha value is -1.64. The minimum Gasteiger partial charge on any atom is -0.465 e. The molecule has 0 atom stereocenters. The summed E-state index contributed by atoms with van der Waals surface area (Å²) < 4.78 is 4.45. The van der Waals surface area contributed by atoms with Crippen LogP contribution in [0, 0.1) is 0 Å². The molecule has 1 rings (SSSR count). The van der Waals surface area contributed by atoms with E-state index in [2.05, 4.69) is 35.7 Å². The minimum absolute atomic E-state index is 0.418. The van der Waals surface area contributed by atoms with E-state index in [0.29, 0.717) is 12.5 Å². The van der Waals surface area contributed by atoms with Crippen LogP contribution in [0.5, 0.6) is 0 Å². The van der Waals surface area contributed by atoms with Gasteiger partial charge in [0.1, 0.15) is 6.21 Å². The molecular weight excluding hydrogens is 202 g/mol. The molecular formula is C13H17NO2. The summed E-state index contributed by atoms with van der Waals surface area (Å²) in [5, 5.41) is 0. The zero-order valence-corrected chi connectivity index (χ0v) is 9.93. The molecule has 0 amide bonds. The minimum atomic E-state index is -0.418. The largest absolute Gasteiger partial charge is 0.465 e. The van der Waals surface area contributed by atoms with E-state index >= 15 is 0 Å². The number of benzene rings is 1. The van der Waals surface area contributed by atoms with Crippen LogP contribution in [-0.4, -0.2) is 19.3 Å². The van der Waals surface area contributed by atoms with Gasteiger partial charge in [0.05, 0.1) is 13.7 Å². The number of hydrogen-bond donors (Lipinski definition) is 0.